The molecule has 0 aromatic heterocycles. The first kappa shape index (κ1) is 48.1. The van der Waals surface area contributed by atoms with Gasteiger partial charge in [0.2, 0.25) is 0 Å². The van der Waals surface area contributed by atoms with E-state index in [0.29, 0.717) is 29.1 Å². The van der Waals surface area contributed by atoms with Gasteiger partial charge in [0, 0.05) is 0 Å². The van der Waals surface area contributed by atoms with Crippen LogP contribution >= 0.6 is 0 Å². The number of aliphatic carboxylic acids is 1. The molecule has 0 bridgehead atoms. The van der Waals surface area contributed by atoms with Crippen LogP contribution in [-0.4, -0.2) is 157 Å². The summed E-state index contributed by atoms with van der Waals surface area (Å²) < 4.78 is 36.4. The second-order valence-corrected chi connectivity index (χ2v) is 23.3. The average molecular weight is 897 g/mol. The zero-order valence-electron chi connectivity index (χ0n) is 38.3. The normalized spacial score (nSPS) is 54.1. The van der Waals surface area contributed by atoms with Crippen LogP contribution in [0, 0.1) is 50.2 Å². The van der Waals surface area contributed by atoms with Gasteiger partial charge in [0.25, 0.3) is 0 Å². The van der Waals surface area contributed by atoms with Crippen LogP contribution in [0.15, 0.2) is 11.6 Å². The molecule has 7 fully saturated rings. The van der Waals surface area contributed by atoms with Gasteiger partial charge in [0.15, 0.2) is 25.0 Å². The van der Waals surface area contributed by atoms with Gasteiger partial charge in [-0.3, -0.25) is 0 Å². The van der Waals surface area contributed by atoms with E-state index in [4.69, 9.17) is 28.4 Å². The average Bonchev–Trinajstić information content (AvgIpc) is 3.21. The van der Waals surface area contributed by atoms with E-state index in [9.17, 15) is 50.8 Å². The summed E-state index contributed by atoms with van der Waals surface area (Å²) in [5, 5.41) is 95.6. The number of allylic oxidation sites excluding steroid dienone is 2. The van der Waals surface area contributed by atoms with E-state index in [-0.39, 0.29) is 22.2 Å². The molecule has 22 atom stereocenters. The van der Waals surface area contributed by atoms with Gasteiger partial charge in [-0.15, -0.1) is 0 Å². The Morgan fingerprint density at radius 2 is 1.37 bits per heavy atom. The molecule has 63 heavy (non-hydrogen) atoms. The largest absolute Gasteiger partial charge is 0.479 e. The van der Waals surface area contributed by atoms with Crippen molar-refractivity contribution in [2.24, 2.45) is 50.2 Å². The first-order valence-corrected chi connectivity index (χ1v) is 23.5. The minimum atomic E-state index is -2.02. The molecule has 7 unspecified atom stereocenters. The third-order valence-electron chi connectivity index (χ3n) is 18.9. The molecule has 8 rings (SSSR count). The summed E-state index contributed by atoms with van der Waals surface area (Å²) in [6, 6.07) is 0. The molecule has 16 heteroatoms. The van der Waals surface area contributed by atoms with Crippen LogP contribution < -0.4 is 0 Å². The minimum Gasteiger partial charge on any atom is -0.479 e. The SMILES string of the molecule is CC1(C)CC[C@]2(C)CC[C@]3(C)C(=CCC4[C@@]5(C)CC[C@H](OC6O[C@H](C(=O)O)[C@@H](O)[C@H](OC7OC[C@@H](O)[C@H](O)[C@H]7O)C6OC6O[C@@H](CO)[C@@H](O)[C@@H](O)[C@@H]6O)C(C)(C)C5CC[C@]43C)C2C1. The molecule has 16 nitrogen and oxygen atoms in total. The maximum atomic E-state index is 12.7. The summed E-state index contributed by atoms with van der Waals surface area (Å²) in [6.45, 7) is 18.1. The van der Waals surface area contributed by atoms with Gasteiger partial charge in [0.05, 0.1) is 19.3 Å². The standard InChI is InChI=1S/C47H76O16/c1-42(2)15-16-44(5)17-18-46(7)22(23(44)19-42)9-10-27-45(6)13-12-28(43(3,4)26(45)11-14-47(27,46)8)60-41-37(63-40-33(54)31(52)30(51)25(20-48)59-40)35(34(55)36(62-41)38(56)57)61-39-32(53)29(50)24(49)21-58-39/h9,23-37,39-41,48-55H,10-21H2,1-8H3,(H,56,57)/t23?,24-,25+,26?,27?,28+,29+,30-,31-,32-,33+,34+,35+,36+,37?,39?,40?,41?,44-,45+,46-,47-/m1/s1. The minimum absolute atomic E-state index is 0.0705. The lowest BCUT2D eigenvalue weighted by Gasteiger charge is -2.71. The number of hydrogen-bond acceptors (Lipinski definition) is 15. The van der Waals surface area contributed by atoms with Crippen LogP contribution in [0.3, 0.4) is 0 Å². The van der Waals surface area contributed by atoms with Gasteiger partial charge in [-0.25, -0.2) is 4.79 Å². The van der Waals surface area contributed by atoms with Crippen molar-refractivity contribution in [1.82, 2.24) is 0 Å². The number of carbonyl (C=O) groups is 1. The van der Waals surface area contributed by atoms with Crippen molar-refractivity contribution in [3.63, 3.8) is 0 Å². The van der Waals surface area contributed by atoms with Crippen molar-refractivity contribution in [2.75, 3.05) is 13.2 Å². The van der Waals surface area contributed by atoms with Crippen LogP contribution in [0.25, 0.3) is 0 Å². The highest BCUT2D eigenvalue weighted by Gasteiger charge is 2.68. The number of carboxylic acid groups (broad SMARTS) is 1. The number of carboxylic acids is 1. The van der Waals surface area contributed by atoms with Crippen molar-refractivity contribution in [1.29, 1.82) is 0 Å². The van der Waals surface area contributed by atoms with Crippen molar-refractivity contribution >= 4 is 5.97 Å². The van der Waals surface area contributed by atoms with Gasteiger partial charge in [-0.05, 0) is 114 Å². The van der Waals surface area contributed by atoms with Gasteiger partial charge >= 0.3 is 5.97 Å². The molecule has 0 amide bonds. The Labute approximate surface area is 371 Å². The van der Waals surface area contributed by atoms with Gasteiger partial charge in [-0.1, -0.05) is 67.0 Å². The molecule has 3 heterocycles. The molecule has 9 N–H and O–H groups in total. The van der Waals surface area contributed by atoms with Crippen molar-refractivity contribution in [3.05, 3.63) is 11.6 Å². The van der Waals surface area contributed by atoms with E-state index < -0.39 is 117 Å². The second-order valence-electron chi connectivity index (χ2n) is 23.3. The van der Waals surface area contributed by atoms with Crippen molar-refractivity contribution in [2.45, 2.75) is 212 Å². The zero-order chi connectivity index (χ0) is 46.0. The highest BCUT2D eigenvalue weighted by molar-refractivity contribution is 5.73. The van der Waals surface area contributed by atoms with Crippen LogP contribution in [0.1, 0.15) is 120 Å². The van der Waals surface area contributed by atoms with Crippen LogP contribution in [0.2, 0.25) is 0 Å². The second kappa shape index (κ2) is 16.7. The summed E-state index contributed by atoms with van der Waals surface area (Å²) in [7, 11) is 0. The molecule has 5 aliphatic carbocycles. The lowest BCUT2D eigenvalue weighted by atomic mass is 9.33. The highest BCUT2D eigenvalue weighted by Crippen LogP contribution is 2.76. The van der Waals surface area contributed by atoms with Crippen molar-refractivity contribution < 1.29 is 79.2 Å². The first-order chi connectivity index (χ1) is 29.3. The number of rotatable bonds is 8. The molecule has 0 aromatic carbocycles. The molecule has 360 valence electrons. The Morgan fingerprint density at radius 1 is 0.698 bits per heavy atom. The number of aliphatic hydroxyl groups excluding tert-OH is 8. The van der Waals surface area contributed by atoms with Crippen molar-refractivity contribution in [3.8, 4) is 0 Å². The molecule has 0 radical (unpaired) electrons. The van der Waals surface area contributed by atoms with Crippen LogP contribution in [0.4, 0.5) is 0 Å². The Kier molecular flexibility index (Phi) is 12.8. The third-order valence-corrected chi connectivity index (χ3v) is 18.9. The van der Waals surface area contributed by atoms with E-state index in [0.717, 1.165) is 25.7 Å². The summed E-state index contributed by atoms with van der Waals surface area (Å²) in [5.41, 5.74) is 1.93. The van der Waals surface area contributed by atoms with Crippen LogP contribution in [0.5, 0.6) is 0 Å². The Hall–Kier alpha value is -1.35. The number of hydrogen-bond donors (Lipinski definition) is 9. The first-order valence-electron chi connectivity index (χ1n) is 23.5. The molecule has 0 spiro atoms. The maximum Gasteiger partial charge on any atom is 0.335 e. The molecular weight excluding hydrogens is 821 g/mol. The summed E-state index contributed by atoms with van der Waals surface area (Å²) >= 11 is 0. The molecule has 0 aromatic rings. The number of aliphatic hydroxyl groups is 8. The zero-order valence-corrected chi connectivity index (χ0v) is 38.3. The summed E-state index contributed by atoms with van der Waals surface area (Å²) in [6.07, 6.45) is -11.6. The molecular formula is C47H76O16. The molecule has 4 saturated carbocycles. The molecule has 8 aliphatic rings. The fourth-order valence-corrected chi connectivity index (χ4v) is 14.7. The Morgan fingerprint density at radius 3 is 2.05 bits per heavy atom. The fourth-order valence-electron chi connectivity index (χ4n) is 14.7. The predicted molar refractivity (Wildman–Crippen MR) is 223 cm³/mol. The summed E-state index contributed by atoms with van der Waals surface area (Å²) in [5.74, 6) is -0.380. The van der Waals surface area contributed by atoms with E-state index in [1.165, 1.54) is 32.1 Å². The number of fused-ring (bicyclic) bond motifs is 7. The Balaban J connectivity index is 1.09. The van der Waals surface area contributed by atoms with E-state index >= 15 is 0 Å². The fraction of sp³-hybridized carbons (Fsp3) is 0.936. The quantitative estimate of drug-likeness (QED) is 0.125. The van der Waals surface area contributed by atoms with Gasteiger partial charge in [0.1, 0.15) is 61.0 Å². The number of ether oxygens (including phenoxy) is 6. The van der Waals surface area contributed by atoms with Crippen LogP contribution in [-0.2, 0) is 33.2 Å². The van der Waals surface area contributed by atoms with E-state index in [1.54, 1.807) is 5.57 Å². The predicted octanol–water partition coefficient (Wildman–Crippen LogP) is 2.37. The van der Waals surface area contributed by atoms with Gasteiger partial charge < -0.3 is 74.4 Å². The van der Waals surface area contributed by atoms with E-state index in [2.05, 4.69) is 61.5 Å². The topological polar surface area (TPSA) is 255 Å². The molecule has 3 aliphatic heterocycles. The summed E-state index contributed by atoms with van der Waals surface area (Å²) in [4.78, 5) is 12.7. The van der Waals surface area contributed by atoms with E-state index in [1.807, 2.05) is 0 Å². The third kappa shape index (κ3) is 7.70. The lowest BCUT2D eigenvalue weighted by molar-refractivity contribution is -0.392. The van der Waals surface area contributed by atoms with Gasteiger partial charge in [-0.2, -0.15) is 0 Å². The highest BCUT2D eigenvalue weighted by atomic mass is 16.8. The lowest BCUT2D eigenvalue weighted by Crippen LogP contribution is -2.68. The molecule has 3 saturated heterocycles. The smallest absolute Gasteiger partial charge is 0.335 e. The Bertz CT molecular complexity index is 1720. The maximum absolute atomic E-state index is 12.7. The monoisotopic (exact) mass is 897 g/mol.